The zero-order valence-electron chi connectivity index (χ0n) is 13.1. The van der Waals surface area contributed by atoms with Crippen LogP contribution in [-0.2, 0) is 4.74 Å². The van der Waals surface area contributed by atoms with Crippen molar-refractivity contribution < 1.29 is 13.9 Å². The van der Waals surface area contributed by atoms with Crippen LogP contribution in [0.25, 0.3) is 0 Å². The van der Waals surface area contributed by atoms with Crippen LogP contribution >= 0.6 is 0 Å². The van der Waals surface area contributed by atoms with Crippen LogP contribution in [-0.4, -0.2) is 30.8 Å². The van der Waals surface area contributed by atoms with Gasteiger partial charge in [0.1, 0.15) is 5.82 Å². The molecule has 0 radical (unpaired) electrons. The summed E-state index contributed by atoms with van der Waals surface area (Å²) in [6.07, 6.45) is 5.63. The molecule has 1 aromatic rings. The predicted octanol–water partition coefficient (Wildman–Crippen LogP) is 2.94. The normalized spacial score (nSPS) is 33.1. The minimum atomic E-state index is -0.221. The molecule has 2 saturated carbocycles. The van der Waals surface area contributed by atoms with E-state index in [0.29, 0.717) is 17.9 Å². The highest BCUT2D eigenvalue weighted by molar-refractivity contribution is 5.75. The predicted molar refractivity (Wildman–Crippen MR) is 84.7 cm³/mol. The lowest BCUT2D eigenvalue weighted by molar-refractivity contribution is -0.00914. The third-order valence-electron chi connectivity index (χ3n) is 5.20. The van der Waals surface area contributed by atoms with E-state index in [2.05, 4.69) is 10.6 Å². The Labute approximate surface area is 135 Å². The number of carbonyl (C=O) groups excluding carboxylic acids is 1. The lowest BCUT2D eigenvalue weighted by atomic mass is 10.0. The third-order valence-corrected chi connectivity index (χ3v) is 5.20. The second-order valence-corrected chi connectivity index (χ2v) is 7.09. The molecule has 3 fully saturated rings. The minimum absolute atomic E-state index is 0.0824. The molecule has 5 heteroatoms. The van der Waals surface area contributed by atoms with Crippen molar-refractivity contribution >= 4 is 6.03 Å². The molecule has 0 spiro atoms. The molecular weight excluding hydrogens is 295 g/mol. The number of hydrogen-bond donors (Lipinski definition) is 2. The van der Waals surface area contributed by atoms with Gasteiger partial charge in [-0.2, -0.15) is 0 Å². The van der Waals surface area contributed by atoms with E-state index in [0.717, 1.165) is 31.4 Å². The van der Waals surface area contributed by atoms with Gasteiger partial charge in [-0.25, -0.2) is 9.18 Å². The van der Waals surface area contributed by atoms with Crippen molar-refractivity contribution in [2.45, 2.75) is 56.2 Å². The fraction of sp³-hybridized carbons (Fsp3) is 0.611. The molecule has 1 aromatic carbocycles. The zero-order valence-corrected chi connectivity index (χ0v) is 13.1. The van der Waals surface area contributed by atoms with Gasteiger partial charge in [-0.1, -0.05) is 12.1 Å². The van der Waals surface area contributed by atoms with E-state index >= 15 is 0 Å². The minimum Gasteiger partial charge on any atom is -0.378 e. The monoisotopic (exact) mass is 318 g/mol. The lowest BCUT2D eigenvalue weighted by Gasteiger charge is -2.30. The Hall–Kier alpha value is -1.62. The van der Waals surface area contributed by atoms with Crippen molar-refractivity contribution in [2.24, 2.45) is 5.92 Å². The van der Waals surface area contributed by atoms with Gasteiger partial charge >= 0.3 is 6.03 Å². The highest BCUT2D eigenvalue weighted by atomic mass is 19.1. The van der Waals surface area contributed by atoms with Crippen LogP contribution in [0.15, 0.2) is 24.3 Å². The number of carbonyl (C=O) groups is 1. The van der Waals surface area contributed by atoms with Crippen LogP contribution in [0, 0.1) is 11.7 Å². The zero-order chi connectivity index (χ0) is 15.8. The quantitative estimate of drug-likeness (QED) is 0.897. The van der Waals surface area contributed by atoms with Crippen LogP contribution in [0.4, 0.5) is 9.18 Å². The standard InChI is InChI=1S/C18H23FN2O2/c19-13-5-3-11(4-6-13)15-10-16(15)21-18(22)20-14-7-8-23-17(9-14)12-1-2-12/h3-6,12,14-17H,1-2,7-10H2,(H2,20,21,22)/t14-,15+,16-,17-/m1/s1. The Morgan fingerprint density at radius 2 is 1.87 bits per heavy atom. The van der Waals surface area contributed by atoms with Gasteiger partial charge in [0.05, 0.1) is 6.10 Å². The average molecular weight is 318 g/mol. The van der Waals surface area contributed by atoms with Gasteiger partial charge in [0, 0.05) is 24.6 Å². The Kier molecular flexibility index (Phi) is 3.97. The maximum Gasteiger partial charge on any atom is 0.315 e. The highest BCUT2D eigenvalue weighted by Gasteiger charge is 2.40. The summed E-state index contributed by atoms with van der Waals surface area (Å²) < 4.78 is 18.7. The highest BCUT2D eigenvalue weighted by Crippen LogP contribution is 2.41. The molecule has 23 heavy (non-hydrogen) atoms. The Morgan fingerprint density at radius 1 is 1.09 bits per heavy atom. The molecule has 2 amide bonds. The van der Waals surface area contributed by atoms with E-state index in [1.807, 2.05) is 0 Å². The topological polar surface area (TPSA) is 50.4 Å². The molecule has 0 bridgehead atoms. The van der Waals surface area contributed by atoms with Crippen molar-refractivity contribution in [2.75, 3.05) is 6.61 Å². The molecule has 124 valence electrons. The molecule has 1 saturated heterocycles. The van der Waals surface area contributed by atoms with Crippen molar-refractivity contribution in [3.8, 4) is 0 Å². The molecule has 3 aliphatic rings. The maximum atomic E-state index is 12.9. The number of urea groups is 1. The first-order valence-electron chi connectivity index (χ1n) is 8.63. The van der Waals surface area contributed by atoms with Gasteiger partial charge in [-0.15, -0.1) is 0 Å². The summed E-state index contributed by atoms with van der Waals surface area (Å²) in [7, 11) is 0. The molecule has 0 unspecified atom stereocenters. The first kappa shape index (κ1) is 14.9. The van der Waals surface area contributed by atoms with Crippen LogP contribution in [0.2, 0.25) is 0 Å². The first-order valence-corrected chi connectivity index (χ1v) is 8.63. The van der Waals surface area contributed by atoms with Crippen LogP contribution in [0.1, 0.15) is 43.6 Å². The van der Waals surface area contributed by atoms with Crippen molar-refractivity contribution in [3.05, 3.63) is 35.6 Å². The number of benzene rings is 1. The number of rotatable bonds is 4. The van der Waals surface area contributed by atoms with Crippen molar-refractivity contribution in [1.82, 2.24) is 10.6 Å². The molecule has 2 N–H and O–H groups in total. The second-order valence-electron chi connectivity index (χ2n) is 7.09. The third kappa shape index (κ3) is 3.66. The van der Waals surface area contributed by atoms with E-state index in [1.165, 1.54) is 25.0 Å². The second kappa shape index (κ2) is 6.11. The summed E-state index contributed by atoms with van der Waals surface area (Å²) in [5.41, 5.74) is 1.09. The van der Waals surface area contributed by atoms with Crippen LogP contribution < -0.4 is 10.6 Å². The van der Waals surface area contributed by atoms with E-state index < -0.39 is 0 Å². The molecule has 1 heterocycles. The van der Waals surface area contributed by atoms with Crippen molar-refractivity contribution in [1.29, 1.82) is 0 Å². The average Bonchev–Trinajstić information content (AvgIpc) is 3.43. The van der Waals surface area contributed by atoms with Gasteiger partial charge in [-0.3, -0.25) is 0 Å². The number of nitrogens with one attached hydrogen (secondary N) is 2. The molecule has 2 aliphatic carbocycles. The summed E-state index contributed by atoms with van der Waals surface area (Å²) in [5, 5.41) is 6.13. The number of hydrogen-bond acceptors (Lipinski definition) is 2. The van der Waals surface area contributed by atoms with Gasteiger partial charge in [-0.05, 0) is 55.7 Å². The van der Waals surface area contributed by atoms with Crippen molar-refractivity contribution in [3.63, 3.8) is 0 Å². The largest absolute Gasteiger partial charge is 0.378 e. The summed E-state index contributed by atoms with van der Waals surface area (Å²) in [5.74, 6) is 0.811. The summed E-state index contributed by atoms with van der Waals surface area (Å²) in [4.78, 5) is 12.2. The fourth-order valence-electron chi connectivity index (χ4n) is 3.58. The van der Waals surface area contributed by atoms with Gasteiger partial charge in [0.25, 0.3) is 0 Å². The van der Waals surface area contributed by atoms with Crippen LogP contribution in [0.5, 0.6) is 0 Å². The molecule has 4 nitrogen and oxygen atoms in total. The smallest absolute Gasteiger partial charge is 0.315 e. The van der Waals surface area contributed by atoms with Gasteiger partial charge in [0.15, 0.2) is 0 Å². The molecule has 0 aromatic heterocycles. The molecular formula is C18H23FN2O2. The molecule has 1 aliphatic heterocycles. The Balaban J connectivity index is 1.24. The number of amides is 2. The van der Waals surface area contributed by atoms with E-state index in [9.17, 15) is 9.18 Å². The Bertz CT molecular complexity index is 573. The van der Waals surface area contributed by atoms with Crippen LogP contribution in [0.3, 0.4) is 0 Å². The number of ether oxygens (including phenoxy) is 1. The SMILES string of the molecule is O=C(N[C@@H]1CCO[C@@H](C2CC2)C1)N[C@@H]1C[C@H]1c1ccc(F)cc1. The van der Waals surface area contributed by atoms with E-state index in [4.69, 9.17) is 4.74 Å². The first-order chi connectivity index (χ1) is 11.2. The summed E-state index contributed by atoms with van der Waals surface area (Å²) in [6, 6.07) is 6.87. The van der Waals surface area contributed by atoms with Gasteiger partial charge in [0.2, 0.25) is 0 Å². The summed E-state index contributed by atoms with van der Waals surface area (Å²) >= 11 is 0. The molecule has 4 rings (SSSR count). The van der Waals surface area contributed by atoms with Gasteiger partial charge < -0.3 is 15.4 Å². The molecule has 4 atom stereocenters. The van der Waals surface area contributed by atoms with E-state index in [-0.39, 0.29) is 23.9 Å². The Morgan fingerprint density at radius 3 is 2.61 bits per heavy atom. The number of halogens is 1. The van der Waals surface area contributed by atoms with E-state index in [1.54, 1.807) is 12.1 Å². The fourth-order valence-corrected chi connectivity index (χ4v) is 3.58. The lowest BCUT2D eigenvalue weighted by Crippen LogP contribution is -2.47. The maximum absolute atomic E-state index is 12.9. The summed E-state index contributed by atoms with van der Waals surface area (Å²) in [6.45, 7) is 0.744.